The quantitative estimate of drug-likeness (QED) is 0.628. The fraction of sp³-hybridized carbons (Fsp3) is 0.318. The first kappa shape index (κ1) is 24.9. The molecule has 0 heterocycles. The van der Waals surface area contributed by atoms with Gasteiger partial charge in [0.05, 0.1) is 37.3 Å². The van der Waals surface area contributed by atoms with Crippen molar-refractivity contribution in [3.8, 4) is 0 Å². The van der Waals surface area contributed by atoms with Crippen LogP contribution in [0.5, 0.6) is 0 Å². The third kappa shape index (κ3) is 5.64. The molecule has 1 amide bonds. The molecule has 0 radical (unpaired) electrons. The van der Waals surface area contributed by atoms with Crippen LogP contribution in [0.2, 0.25) is 0 Å². The molecule has 0 unspecified atom stereocenters. The number of methoxy groups -OCH3 is 2. The molecule has 2 aromatic carbocycles. The molecule has 0 aromatic heterocycles. The van der Waals surface area contributed by atoms with Gasteiger partial charge in [-0.3, -0.25) is 9.10 Å². The zero-order valence-electron chi connectivity index (χ0n) is 18.8. The molecule has 2 aromatic rings. The second-order valence-electron chi connectivity index (χ2n) is 7.27. The lowest BCUT2D eigenvalue weighted by Crippen LogP contribution is -2.45. The number of nitrogens with zero attached hydrogens (tertiary/aromatic N) is 1. The minimum absolute atomic E-state index is 0.0208. The lowest BCUT2D eigenvalue weighted by molar-refractivity contribution is -0.116. The van der Waals surface area contributed by atoms with Crippen LogP contribution in [0.15, 0.2) is 36.4 Å². The number of esters is 2. The van der Waals surface area contributed by atoms with Crippen LogP contribution in [-0.2, 0) is 24.3 Å². The van der Waals surface area contributed by atoms with Crippen molar-refractivity contribution < 1.29 is 32.3 Å². The summed E-state index contributed by atoms with van der Waals surface area (Å²) in [4.78, 5) is 36.9. The standard InChI is InChI=1S/C22H26N2O7S/c1-13-7-8-19(9-14(13)2)24(32(6,28)29)15(3)20(25)23-18-11-16(21(26)30-4)10-17(12-18)22(27)31-5/h7-12,15H,1-6H3,(H,23,25)/t15-/m1/s1. The van der Waals surface area contributed by atoms with E-state index in [-0.39, 0.29) is 16.8 Å². The summed E-state index contributed by atoms with van der Waals surface area (Å²) in [5.74, 6) is -2.09. The molecule has 0 aliphatic heterocycles. The van der Waals surface area contributed by atoms with E-state index in [1.54, 1.807) is 18.2 Å². The first-order valence-electron chi connectivity index (χ1n) is 9.58. The summed E-state index contributed by atoms with van der Waals surface area (Å²) < 4.78 is 35.4. The summed E-state index contributed by atoms with van der Waals surface area (Å²) in [6.45, 7) is 5.18. The lowest BCUT2D eigenvalue weighted by atomic mass is 10.1. The van der Waals surface area contributed by atoms with Crippen molar-refractivity contribution in [2.75, 3.05) is 30.1 Å². The van der Waals surface area contributed by atoms with Crippen LogP contribution in [0, 0.1) is 13.8 Å². The molecule has 2 rings (SSSR count). The number of sulfonamides is 1. The molecule has 1 N–H and O–H groups in total. The van der Waals surface area contributed by atoms with E-state index in [9.17, 15) is 22.8 Å². The van der Waals surface area contributed by atoms with E-state index in [4.69, 9.17) is 0 Å². The van der Waals surface area contributed by atoms with Crippen LogP contribution in [0.25, 0.3) is 0 Å². The van der Waals surface area contributed by atoms with Crippen LogP contribution in [0.1, 0.15) is 38.8 Å². The third-order valence-corrected chi connectivity index (χ3v) is 6.12. The van der Waals surface area contributed by atoms with Gasteiger partial charge in [0, 0.05) is 5.69 Å². The Morgan fingerprint density at radius 3 is 1.88 bits per heavy atom. The van der Waals surface area contributed by atoms with Gasteiger partial charge in [-0.2, -0.15) is 0 Å². The molecule has 1 atom stereocenters. The average Bonchev–Trinajstić information content (AvgIpc) is 2.73. The summed E-state index contributed by atoms with van der Waals surface area (Å²) >= 11 is 0. The van der Waals surface area contributed by atoms with Gasteiger partial charge in [-0.25, -0.2) is 18.0 Å². The van der Waals surface area contributed by atoms with Gasteiger partial charge in [0.1, 0.15) is 6.04 Å². The number of benzene rings is 2. The van der Waals surface area contributed by atoms with Crippen molar-refractivity contribution >= 4 is 39.2 Å². The molecule has 172 valence electrons. The van der Waals surface area contributed by atoms with Crippen LogP contribution >= 0.6 is 0 Å². The number of nitrogens with one attached hydrogen (secondary N) is 1. The molecule has 0 aliphatic carbocycles. The Hall–Kier alpha value is -3.40. The molecule has 0 spiro atoms. The fourth-order valence-electron chi connectivity index (χ4n) is 3.09. The molecule has 9 nitrogen and oxygen atoms in total. The van der Waals surface area contributed by atoms with Gasteiger partial charge in [0.15, 0.2) is 0 Å². The number of carbonyl (C=O) groups excluding carboxylic acids is 3. The monoisotopic (exact) mass is 462 g/mol. The lowest BCUT2D eigenvalue weighted by Gasteiger charge is -2.28. The zero-order valence-corrected chi connectivity index (χ0v) is 19.6. The number of hydrogen-bond acceptors (Lipinski definition) is 7. The second-order valence-corrected chi connectivity index (χ2v) is 9.13. The number of ether oxygens (including phenoxy) is 2. The van der Waals surface area contributed by atoms with Gasteiger partial charge < -0.3 is 14.8 Å². The maximum absolute atomic E-state index is 13.0. The number of carbonyl (C=O) groups is 3. The van der Waals surface area contributed by atoms with Gasteiger partial charge in [0.25, 0.3) is 0 Å². The van der Waals surface area contributed by atoms with E-state index in [1.807, 2.05) is 13.8 Å². The number of hydrogen-bond donors (Lipinski definition) is 1. The summed E-state index contributed by atoms with van der Waals surface area (Å²) in [5.41, 5.74) is 2.35. The van der Waals surface area contributed by atoms with Crippen molar-refractivity contribution in [1.82, 2.24) is 0 Å². The average molecular weight is 463 g/mol. The van der Waals surface area contributed by atoms with E-state index in [0.717, 1.165) is 21.7 Å². The molecule has 0 fully saturated rings. The van der Waals surface area contributed by atoms with Crippen molar-refractivity contribution in [2.24, 2.45) is 0 Å². The Kier molecular flexibility index (Phi) is 7.63. The Bertz CT molecular complexity index is 1120. The SMILES string of the molecule is COC(=O)c1cc(NC(=O)[C@@H](C)N(c2ccc(C)c(C)c2)S(C)(=O)=O)cc(C(=O)OC)c1. The van der Waals surface area contributed by atoms with E-state index >= 15 is 0 Å². The number of anilines is 2. The highest BCUT2D eigenvalue weighted by molar-refractivity contribution is 7.92. The third-order valence-electron chi connectivity index (χ3n) is 4.88. The number of aryl methyl sites for hydroxylation is 2. The number of amides is 1. The normalized spacial score (nSPS) is 11.9. The van der Waals surface area contributed by atoms with Gasteiger partial charge in [0.2, 0.25) is 15.9 Å². The summed E-state index contributed by atoms with van der Waals surface area (Å²) in [7, 11) is -1.45. The van der Waals surface area contributed by atoms with Gasteiger partial charge in [-0.15, -0.1) is 0 Å². The molecule has 0 bridgehead atoms. The topological polar surface area (TPSA) is 119 Å². The first-order valence-corrected chi connectivity index (χ1v) is 11.4. The van der Waals surface area contributed by atoms with E-state index in [0.29, 0.717) is 5.69 Å². The minimum atomic E-state index is -3.81. The maximum atomic E-state index is 13.0. The van der Waals surface area contributed by atoms with Crippen LogP contribution < -0.4 is 9.62 Å². The van der Waals surface area contributed by atoms with Crippen LogP contribution in [-0.4, -0.2) is 52.8 Å². The maximum Gasteiger partial charge on any atom is 0.337 e. The molecule has 32 heavy (non-hydrogen) atoms. The molecular formula is C22H26N2O7S. The summed E-state index contributed by atoms with van der Waals surface area (Å²) in [6.07, 6.45) is 1.01. The van der Waals surface area contributed by atoms with E-state index < -0.39 is 33.9 Å². The second kappa shape index (κ2) is 9.82. The molecule has 0 aliphatic rings. The van der Waals surface area contributed by atoms with Crippen molar-refractivity contribution in [1.29, 1.82) is 0 Å². The Morgan fingerprint density at radius 1 is 0.906 bits per heavy atom. The highest BCUT2D eigenvalue weighted by atomic mass is 32.2. The van der Waals surface area contributed by atoms with Crippen LogP contribution in [0.4, 0.5) is 11.4 Å². The predicted molar refractivity (Wildman–Crippen MR) is 120 cm³/mol. The van der Waals surface area contributed by atoms with Crippen LogP contribution in [0.3, 0.4) is 0 Å². The van der Waals surface area contributed by atoms with Crippen molar-refractivity contribution in [3.05, 3.63) is 58.7 Å². The highest BCUT2D eigenvalue weighted by Crippen LogP contribution is 2.25. The minimum Gasteiger partial charge on any atom is -0.465 e. The molecule has 0 saturated heterocycles. The van der Waals surface area contributed by atoms with E-state index in [1.165, 1.54) is 39.3 Å². The Morgan fingerprint density at radius 2 is 1.44 bits per heavy atom. The summed E-state index contributed by atoms with van der Waals surface area (Å²) in [5, 5.41) is 2.57. The van der Waals surface area contributed by atoms with Gasteiger partial charge in [-0.05, 0) is 62.2 Å². The fourth-order valence-corrected chi connectivity index (χ4v) is 4.26. The largest absolute Gasteiger partial charge is 0.465 e. The molecular weight excluding hydrogens is 436 g/mol. The smallest absolute Gasteiger partial charge is 0.337 e. The van der Waals surface area contributed by atoms with Crippen molar-refractivity contribution in [2.45, 2.75) is 26.8 Å². The van der Waals surface area contributed by atoms with Gasteiger partial charge in [-0.1, -0.05) is 6.07 Å². The first-order chi connectivity index (χ1) is 14.9. The van der Waals surface area contributed by atoms with E-state index in [2.05, 4.69) is 14.8 Å². The molecule has 0 saturated carbocycles. The summed E-state index contributed by atoms with van der Waals surface area (Å²) in [6, 6.07) is 7.88. The van der Waals surface area contributed by atoms with Gasteiger partial charge >= 0.3 is 11.9 Å². The number of rotatable bonds is 7. The predicted octanol–water partition coefficient (Wildman–Crippen LogP) is 2.67. The van der Waals surface area contributed by atoms with Crippen molar-refractivity contribution in [3.63, 3.8) is 0 Å². The molecule has 10 heteroatoms. The zero-order chi connectivity index (χ0) is 24.2. The highest BCUT2D eigenvalue weighted by Gasteiger charge is 2.29. The Balaban J connectivity index is 2.43. The Labute approximate surface area is 187 Å².